The minimum absolute atomic E-state index is 0. The average molecular weight is 279 g/mol. The van der Waals surface area contributed by atoms with Gasteiger partial charge in [-0.25, -0.2) is 5.43 Å². The number of hydrogen-bond donors (Lipinski definition) is 1. The first-order valence-electron chi connectivity index (χ1n) is 5.46. The lowest BCUT2D eigenvalue weighted by atomic mass is 10.4. The van der Waals surface area contributed by atoms with Gasteiger partial charge in [0, 0.05) is 6.54 Å². The van der Waals surface area contributed by atoms with E-state index in [4.69, 9.17) is 14.2 Å². The van der Waals surface area contributed by atoms with Gasteiger partial charge in [0.1, 0.15) is 6.17 Å². The number of likely N-dealkylation sites (N-methyl/N-ethyl adjacent to an activating group) is 1. The number of ether oxygens (including phenoxy) is 3. The summed E-state index contributed by atoms with van der Waals surface area (Å²) in [5, 5.41) is 6.00. The van der Waals surface area contributed by atoms with Crippen LogP contribution in [0.5, 0.6) is 0 Å². The highest BCUT2D eigenvalue weighted by atomic mass is 35.5. The molecule has 1 unspecified atom stereocenters. The number of nitrogens with one attached hydrogen (secondary N) is 1. The van der Waals surface area contributed by atoms with Crippen molar-refractivity contribution in [1.29, 1.82) is 0 Å². The molecule has 7 nitrogen and oxygen atoms in total. The fourth-order valence-electron chi connectivity index (χ4n) is 1.69. The molecule has 18 heavy (non-hydrogen) atoms. The number of nitrogens with zero attached hydrogens (tertiary/aromatic N) is 3. The minimum atomic E-state index is 0. The van der Waals surface area contributed by atoms with Crippen molar-refractivity contribution < 1.29 is 14.2 Å². The Hall–Kier alpha value is -1.18. The summed E-state index contributed by atoms with van der Waals surface area (Å²) in [5.41, 5.74) is 3.05. The van der Waals surface area contributed by atoms with E-state index >= 15 is 0 Å². The van der Waals surface area contributed by atoms with Crippen molar-refractivity contribution in [2.75, 3.05) is 41.0 Å². The molecule has 0 aromatic carbocycles. The van der Waals surface area contributed by atoms with Gasteiger partial charge in [0.15, 0.2) is 0 Å². The molecule has 1 fully saturated rings. The molecule has 8 heteroatoms. The van der Waals surface area contributed by atoms with Crippen molar-refractivity contribution in [3.63, 3.8) is 0 Å². The maximum Gasteiger partial charge on any atom is 0.238 e. The molecule has 2 heterocycles. The lowest BCUT2D eigenvalue weighted by molar-refractivity contribution is -0.0863. The summed E-state index contributed by atoms with van der Waals surface area (Å²) < 4.78 is 15.7. The molecule has 2 aliphatic rings. The number of methoxy groups -OCH3 is 2. The van der Waals surface area contributed by atoms with Gasteiger partial charge in [-0.15, -0.1) is 17.5 Å². The molecule has 1 atom stereocenters. The number of hydrazone groups is 1. The third-order valence-corrected chi connectivity index (χ3v) is 2.76. The zero-order chi connectivity index (χ0) is 12.3. The first-order chi connectivity index (χ1) is 8.24. The second-order valence-corrected chi connectivity index (χ2v) is 3.85. The molecule has 0 bridgehead atoms. The van der Waals surface area contributed by atoms with E-state index in [9.17, 15) is 0 Å². The molecule has 0 saturated carbocycles. The van der Waals surface area contributed by atoms with Crippen LogP contribution in [0, 0.1) is 0 Å². The van der Waals surface area contributed by atoms with Gasteiger partial charge in [0.05, 0.1) is 33.5 Å². The van der Waals surface area contributed by atoms with Crippen LogP contribution in [0.3, 0.4) is 0 Å². The molecule has 0 aliphatic carbocycles. The highest BCUT2D eigenvalue weighted by molar-refractivity contribution is 5.88. The Labute approximate surface area is 113 Å². The standard InChI is InChI=1S/C10H18N4O3.ClH/c1-13-4-5-17-7-10(13)14-11-8(15-2)6-9(12-14)16-3;/h6,10-11H,4-5,7H2,1-3H3;1H. The summed E-state index contributed by atoms with van der Waals surface area (Å²) in [6, 6.07) is 0. The Morgan fingerprint density at radius 1 is 1.44 bits per heavy atom. The lowest BCUT2D eigenvalue weighted by Gasteiger charge is -2.39. The van der Waals surface area contributed by atoms with Crippen molar-refractivity contribution in [1.82, 2.24) is 15.4 Å². The third kappa shape index (κ3) is 3.18. The van der Waals surface area contributed by atoms with Gasteiger partial charge < -0.3 is 14.2 Å². The van der Waals surface area contributed by atoms with Crippen molar-refractivity contribution in [2.45, 2.75) is 6.17 Å². The van der Waals surface area contributed by atoms with Crippen LogP contribution >= 0.6 is 12.4 Å². The van der Waals surface area contributed by atoms with Crippen molar-refractivity contribution in [2.24, 2.45) is 5.10 Å². The number of morpholine rings is 1. The zero-order valence-electron chi connectivity index (χ0n) is 10.8. The molecular weight excluding hydrogens is 260 g/mol. The normalized spacial score (nSPS) is 24.4. The molecule has 2 rings (SSSR count). The summed E-state index contributed by atoms with van der Waals surface area (Å²) in [4.78, 5) is 2.16. The van der Waals surface area contributed by atoms with Crippen LogP contribution in [-0.2, 0) is 14.2 Å². The topological polar surface area (TPSA) is 58.6 Å². The predicted octanol–water partition coefficient (Wildman–Crippen LogP) is -0.0358. The molecule has 0 aromatic rings. The Kier molecular flexibility index (Phi) is 5.52. The number of hydrogen-bond acceptors (Lipinski definition) is 7. The second-order valence-electron chi connectivity index (χ2n) is 3.85. The van der Waals surface area contributed by atoms with E-state index in [0.717, 1.165) is 13.2 Å². The highest BCUT2D eigenvalue weighted by Crippen LogP contribution is 2.13. The van der Waals surface area contributed by atoms with Crippen molar-refractivity contribution in [3.05, 3.63) is 12.0 Å². The Bertz CT molecular complexity index is 337. The fraction of sp³-hybridized carbons (Fsp3) is 0.700. The second kappa shape index (κ2) is 6.67. The van der Waals surface area contributed by atoms with Crippen LogP contribution in [0.1, 0.15) is 0 Å². The van der Waals surface area contributed by atoms with E-state index in [1.165, 1.54) is 0 Å². The number of rotatable bonds is 2. The average Bonchev–Trinajstić information content (AvgIpc) is 2.38. The smallest absolute Gasteiger partial charge is 0.238 e. The van der Waals surface area contributed by atoms with Gasteiger partial charge in [-0.2, -0.15) is 5.12 Å². The van der Waals surface area contributed by atoms with Gasteiger partial charge in [-0.3, -0.25) is 4.90 Å². The SMILES string of the molecule is COC1=CC(OC)=NN(C2COCCN2C)N1.Cl. The minimum Gasteiger partial charge on any atom is -0.481 e. The van der Waals surface area contributed by atoms with E-state index in [0.29, 0.717) is 18.4 Å². The third-order valence-electron chi connectivity index (χ3n) is 2.76. The van der Waals surface area contributed by atoms with Crippen LogP contribution in [0.25, 0.3) is 0 Å². The van der Waals surface area contributed by atoms with Crippen LogP contribution in [0.15, 0.2) is 17.1 Å². The number of halogens is 1. The molecule has 1 saturated heterocycles. The maximum atomic E-state index is 5.45. The largest absolute Gasteiger partial charge is 0.481 e. The van der Waals surface area contributed by atoms with Gasteiger partial charge in [-0.1, -0.05) is 0 Å². The van der Waals surface area contributed by atoms with Crippen LogP contribution < -0.4 is 5.43 Å². The Morgan fingerprint density at radius 3 is 2.83 bits per heavy atom. The molecule has 104 valence electrons. The summed E-state index contributed by atoms with van der Waals surface area (Å²) in [5.74, 6) is 1.09. The maximum absolute atomic E-state index is 5.45. The molecule has 0 radical (unpaired) electrons. The van der Waals surface area contributed by atoms with E-state index in [2.05, 4.69) is 15.4 Å². The molecular formula is C10H19ClN4O3. The van der Waals surface area contributed by atoms with Gasteiger partial charge in [0.25, 0.3) is 0 Å². The zero-order valence-corrected chi connectivity index (χ0v) is 11.6. The molecule has 1 N–H and O–H groups in total. The highest BCUT2D eigenvalue weighted by Gasteiger charge is 2.28. The van der Waals surface area contributed by atoms with Gasteiger partial charge >= 0.3 is 0 Å². The summed E-state index contributed by atoms with van der Waals surface area (Å²) in [6.07, 6.45) is 1.72. The number of hydrazine groups is 1. The van der Waals surface area contributed by atoms with E-state index < -0.39 is 0 Å². The quantitative estimate of drug-likeness (QED) is 0.765. The van der Waals surface area contributed by atoms with E-state index in [-0.39, 0.29) is 18.6 Å². The Balaban J connectivity index is 0.00000162. The summed E-state index contributed by atoms with van der Waals surface area (Å²) in [6.45, 7) is 2.20. The van der Waals surface area contributed by atoms with Crippen molar-refractivity contribution in [3.8, 4) is 0 Å². The van der Waals surface area contributed by atoms with Crippen LogP contribution in [-0.4, -0.2) is 63.1 Å². The van der Waals surface area contributed by atoms with Crippen molar-refractivity contribution >= 4 is 18.3 Å². The van der Waals surface area contributed by atoms with Crippen LogP contribution in [0.4, 0.5) is 0 Å². The molecule has 0 aromatic heterocycles. The first-order valence-corrected chi connectivity index (χ1v) is 5.46. The molecule has 0 spiro atoms. The first kappa shape index (κ1) is 14.9. The molecule has 2 aliphatic heterocycles. The Morgan fingerprint density at radius 2 is 2.22 bits per heavy atom. The summed E-state index contributed by atoms with van der Waals surface area (Å²) >= 11 is 0. The fourth-order valence-corrected chi connectivity index (χ4v) is 1.69. The predicted molar refractivity (Wildman–Crippen MR) is 69.0 cm³/mol. The van der Waals surface area contributed by atoms with E-state index in [1.54, 1.807) is 25.4 Å². The van der Waals surface area contributed by atoms with Gasteiger partial charge in [-0.05, 0) is 7.05 Å². The van der Waals surface area contributed by atoms with Crippen LogP contribution in [0.2, 0.25) is 0 Å². The van der Waals surface area contributed by atoms with Gasteiger partial charge in [0.2, 0.25) is 11.8 Å². The lowest BCUT2D eigenvalue weighted by Crippen LogP contribution is -2.57. The van der Waals surface area contributed by atoms with E-state index in [1.807, 2.05) is 7.05 Å². The summed E-state index contributed by atoms with van der Waals surface area (Å²) in [7, 11) is 5.20. The molecule has 0 amide bonds. The monoisotopic (exact) mass is 278 g/mol.